The normalized spacial score (nSPS) is 8.46. The predicted molar refractivity (Wildman–Crippen MR) is 47.4 cm³/mol. The van der Waals surface area contributed by atoms with Gasteiger partial charge in [0.1, 0.15) is 5.75 Å². The minimum atomic E-state index is -0.444. The van der Waals surface area contributed by atoms with Gasteiger partial charge in [-0.2, -0.15) is 0 Å². The van der Waals surface area contributed by atoms with Gasteiger partial charge in [0.15, 0.2) is 0 Å². The van der Waals surface area contributed by atoms with Crippen molar-refractivity contribution in [1.29, 1.82) is 0 Å². The fraction of sp³-hybridized carbons (Fsp3) is 0.222. The molecule has 0 bridgehead atoms. The number of hydrogen-bond donors (Lipinski definition) is 1. The molecule has 0 aliphatic heterocycles. The molecule has 0 heterocycles. The van der Waals surface area contributed by atoms with E-state index < -0.39 is 6.09 Å². The van der Waals surface area contributed by atoms with Crippen molar-refractivity contribution >= 4 is 6.09 Å². The van der Waals surface area contributed by atoms with Crippen molar-refractivity contribution < 1.29 is 40.5 Å². The van der Waals surface area contributed by atoms with Crippen molar-refractivity contribution in [3.8, 4) is 5.75 Å². The first-order valence-corrected chi connectivity index (χ1v) is 3.68. The van der Waals surface area contributed by atoms with Crippen LogP contribution in [0.15, 0.2) is 24.3 Å². The molecule has 13 heavy (non-hydrogen) atoms. The Hall–Kier alpha value is -0.510. The summed E-state index contributed by atoms with van der Waals surface area (Å²) in [5, 5.41) is 2.37. The van der Waals surface area contributed by atoms with Gasteiger partial charge in [0.05, 0.1) is 0 Å². The summed E-state index contributed by atoms with van der Waals surface area (Å²) >= 11 is 0. The minimum absolute atomic E-state index is 0. The molecule has 1 rings (SSSR count). The van der Waals surface area contributed by atoms with Gasteiger partial charge < -0.3 is 11.5 Å². The van der Waals surface area contributed by atoms with E-state index in [4.69, 9.17) is 4.74 Å². The van der Waals surface area contributed by atoms with E-state index in [1.165, 1.54) is 7.05 Å². The van der Waals surface area contributed by atoms with E-state index in [1.54, 1.807) is 12.1 Å². The number of ether oxygens (including phenoxy) is 1. The maximum atomic E-state index is 10.8. The molecule has 0 fully saturated rings. The maximum absolute atomic E-state index is 10.8. The largest absolute Gasteiger partial charge is 1.00 e. The Morgan fingerprint density at radius 2 is 2.23 bits per heavy atom. The third-order valence-corrected chi connectivity index (χ3v) is 1.40. The summed E-state index contributed by atoms with van der Waals surface area (Å²) in [4.78, 5) is 10.8. The van der Waals surface area contributed by atoms with E-state index in [0.717, 1.165) is 5.56 Å². The Morgan fingerprint density at radius 1 is 1.54 bits per heavy atom. The average Bonchev–Trinajstić information content (AvgIpc) is 2.04. The molecular formula is C9H12NNaO2. The first-order valence-electron chi connectivity index (χ1n) is 3.68. The standard InChI is InChI=1S/C9H11NO2.Na.H/c1-7-4-3-5-8(6-7)12-9(11)10-2;;/h3-6H,1-2H3,(H,10,11);;/q;+1;-1. The van der Waals surface area contributed by atoms with Gasteiger partial charge in [-0.05, 0) is 24.6 Å². The summed E-state index contributed by atoms with van der Waals surface area (Å²) in [7, 11) is 1.53. The van der Waals surface area contributed by atoms with E-state index in [0.29, 0.717) is 5.75 Å². The van der Waals surface area contributed by atoms with Crippen LogP contribution in [-0.4, -0.2) is 13.1 Å². The van der Waals surface area contributed by atoms with Gasteiger partial charge >= 0.3 is 35.7 Å². The summed E-state index contributed by atoms with van der Waals surface area (Å²) in [6.45, 7) is 1.94. The fourth-order valence-corrected chi connectivity index (χ4v) is 0.837. The Morgan fingerprint density at radius 3 is 2.77 bits per heavy atom. The van der Waals surface area contributed by atoms with E-state index in [1.807, 2.05) is 19.1 Å². The van der Waals surface area contributed by atoms with Gasteiger partial charge in [-0.1, -0.05) is 12.1 Å². The zero-order valence-corrected chi connectivity index (χ0v) is 10.1. The average molecular weight is 189 g/mol. The van der Waals surface area contributed by atoms with Gasteiger partial charge in [0, 0.05) is 7.05 Å². The van der Waals surface area contributed by atoms with Crippen LogP contribution in [0.3, 0.4) is 0 Å². The second-order valence-electron chi connectivity index (χ2n) is 2.46. The van der Waals surface area contributed by atoms with Gasteiger partial charge in [-0.25, -0.2) is 4.79 Å². The summed E-state index contributed by atoms with van der Waals surface area (Å²) in [5.74, 6) is 0.564. The van der Waals surface area contributed by atoms with Crippen molar-refractivity contribution in [2.75, 3.05) is 7.05 Å². The van der Waals surface area contributed by atoms with E-state index in [-0.39, 0.29) is 31.0 Å². The third kappa shape index (κ3) is 4.31. The first-order chi connectivity index (χ1) is 5.72. The quantitative estimate of drug-likeness (QED) is 0.565. The predicted octanol–water partition coefficient (Wildman–Crippen LogP) is -1.17. The van der Waals surface area contributed by atoms with Crippen molar-refractivity contribution in [3.05, 3.63) is 29.8 Å². The Bertz CT molecular complexity index is 294. The van der Waals surface area contributed by atoms with Gasteiger partial charge in [-0.15, -0.1) is 0 Å². The third-order valence-electron chi connectivity index (χ3n) is 1.40. The molecule has 1 aromatic carbocycles. The number of nitrogens with one attached hydrogen (secondary N) is 1. The molecule has 1 N–H and O–H groups in total. The zero-order valence-electron chi connectivity index (χ0n) is 9.13. The summed E-state index contributed by atoms with van der Waals surface area (Å²) in [5.41, 5.74) is 1.07. The van der Waals surface area contributed by atoms with Crippen LogP contribution in [0.5, 0.6) is 5.75 Å². The minimum Gasteiger partial charge on any atom is -1.00 e. The van der Waals surface area contributed by atoms with Crippen LogP contribution in [0.4, 0.5) is 4.79 Å². The molecule has 0 aliphatic carbocycles. The van der Waals surface area contributed by atoms with Crippen molar-refractivity contribution in [1.82, 2.24) is 5.32 Å². The molecule has 0 spiro atoms. The SMILES string of the molecule is CNC(=O)Oc1cccc(C)c1.[H-].[Na+]. The number of aryl methyl sites for hydroxylation is 1. The monoisotopic (exact) mass is 189 g/mol. The number of hydrogen-bond acceptors (Lipinski definition) is 2. The second-order valence-corrected chi connectivity index (χ2v) is 2.46. The van der Waals surface area contributed by atoms with E-state index in [2.05, 4.69) is 5.32 Å². The molecule has 0 saturated heterocycles. The van der Waals surface area contributed by atoms with Gasteiger partial charge in [0.25, 0.3) is 0 Å². The van der Waals surface area contributed by atoms with Gasteiger partial charge in [-0.3, -0.25) is 0 Å². The molecule has 66 valence electrons. The number of carbonyl (C=O) groups is 1. The van der Waals surface area contributed by atoms with Crippen molar-refractivity contribution in [2.45, 2.75) is 6.92 Å². The molecule has 0 radical (unpaired) electrons. The Balaban J connectivity index is 0. The van der Waals surface area contributed by atoms with E-state index in [9.17, 15) is 4.79 Å². The van der Waals surface area contributed by atoms with Crippen LogP contribution >= 0.6 is 0 Å². The fourth-order valence-electron chi connectivity index (χ4n) is 0.837. The van der Waals surface area contributed by atoms with Gasteiger partial charge in [0.2, 0.25) is 0 Å². The smallest absolute Gasteiger partial charge is 1.00 e. The van der Waals surface area contributed by atoms with Crippen LogP contribution in [0, 0.1) is 6.92 Å². The van der Waals surface area contributed by atoms with Crippen molar-refractivity contribution in [2.24, 2.45) is 0 Å². The first kappa shape index (κ1) is 12.5. The number of carbonyl (C=O) groups excluding carboxylic acids is 1. The maximum Gasteiger partial charge on any atom is 1.00 e. The van der Waals surface area contributed by atoms with Crippen LogP contribution in [-0.2, 0) is 0 Å². The Kier molecular flexibility index (Phi) is 5.79. The number of rotatable bonds is 1. The van der Waals surface area contributed by atoms with Crippen LogP contribution < -0.4 is 39.6 Å². The summed E-state index contributed by atoms with van der Waals surface area (Å²) in [6.07, 6.45) is -0.444. The van der Waals surface area contributed by atoms with Crippen LogP contribution in [0.1, 0.15) is 6.99 Å². The summed E-state index contributed by atoms with van der Waals surface area (Å²) < 4.78 is 4.89. The van der Waals surface area contributed by atoms with Crippen LogP contribution in [0.25, 0.3) is 0 Å². The molecule has 3 nitrogen and oxygen atoms in total. The molecule has 1 amide bonds. The van der Waals surface area contributed by atoms with E-state index >= 15 is 0 Å². The molecule has 0 aromatic heterocycles. The Labute approximate surface area is 101 Å². The zero-order chi connectivity index (χ0) is 8.97. The molecule has 0 saturated carbocycles. The topological polar surface area (TPSA) is 38.3 Å². The molecule has 4 heteroatoms. The molecule has 0 aliphatic rings. The molecule has 0 unspecified atom stereocenters. The number of amides is 1. The van der Waals surface area contributed by atoms with Crippen LogP contribution in [0.2, 0.25) is 0 Å². The number of benzene rings is 1. The van der Waals surface area contributed by atoms with Crippen molar-refractivity contribution in [3.63, 3.8) is 0 Å². The molecule has 0 atom stereocenters. The summed E-state index contributed by atoms with van der Waals surface area (Å²) in [6, 6.07) is 7.32. The second kappa shape index (κ2) is 6.02. The molecule has 1 aromatic rings. The molecular weight excluding hydrogens is 177 g/mol.